The molecule has 47 heavy (non-hydrogen) atoms. The van der Waals surface area contributed by atoms with Gasteiger partial charge < -0.3 is 4.90 Å². The Hall–Kier alpha value is -5.51. The van der Waals surface area contributed by atoms with Crippen LogP contribution in [0.25, 0.3) is 21.5 Å². The minimum absolute atomic E-state index is 0.0786. The van der Waals surface area contributed by atoms with Crippen molar-refractivity contribution in [3.05, 3.63) is 182 Å². The molecule has 0 saturated heterocycles. The second-order valence-electron chi connectivity index (χ2n) is 12.4. The second-order valence-corrected chi connectivity index (χ2v) is 15.5. The monoisotopic (exact) mass is 615 g/mol. The Bertz CT molecular complexity index is 2440. The van der Waals surface area contributed by atoms with Crippen LogP contribution in [0, 0.1) is 0 Å². The van der Waals surface area contributed by atoms with Crippen LogP contribution >= 0.6 is 10.0 Å². The molecule has 220 valence electrons. The maximum Gasteiger partial charge on any atom is 0.250 e. The third-order valence-electron chi connectivity index (χ3n) is 10.1. The first-order chi connectivity index (χ1) is 23.4. The molecule has 10 rings (SSSR count). The maximum atomic E-state index is 2.56. The van der Waals surface area contributed by atoms with Gasteiger partial charge in [0.1, 0.15) is 0 Å². The number of hydrogen-bond acceptors (Lipinski definition) is 1. The number of hydrogen-bond donors (Lipinski definition) is 0. The fraction of sp³-hybridized carbons (Fsp3) is 0. The molecule has 0 unspecified atom stereocenters. The molecule has 0 fully saturated rings. The van der Waals surface area contributed by atoms with Crippen molar-refractivity contribution in [3.8, 4) is 0 Å². The number of para-hydroxylation sites is 1. The number of fused-ring (bicyclic) bond motifs is 9. The van der Waals surface area contributed by atoms with E-state index >= 15 is 0 Å². The lowest BCUT2D eigenvalue weighted by Crippen LogP contribution is -2.61. The van der Waals surface area contributed by atoms with Gasteiger partial charge in [-0.2, -0.15) is 0 Å². The van der Waals surface area contributed by atoms with Gasteiger partial charge in [0.15, 0.2) is 0 Å². The predicted octanol–water partition coefficient (Wildman–Crippen LogP) is 9.95. The van der Waals surface area contributed by atoms with Gasteiger partial charge in [0.05, 0.1) is 0 Å². The molecule has 0 saturated carbocycles. The highest BCUT2D eigenvalue weighted by Crippen LogP contribution is 2.74. The summed E-state index contributed by atoms with van der Waals surface area (Å²) in [6.45, 7) is 0.0786. The Labute approximate surface area is 277 Å². The first kappa shape index (κ1) is 26.7. The van der Waals surface area contributed by atoms with Crippen LogP contribution in [-0.2, 0) is 0 Å². The molecule has 3 heteroatoms. The van der Waals surface area contributed by atoms with Gasteiger partial charge in [0.2, 0.25) is 6.71 Å². The van der Waals surface area contributed by atoms with Crippen molar-refractivity contribution < 1.29 is 0 Å². The van der Waals surface area contributed by atoms with E-state index in [1.807, 2.05) is 0 Å². The molecule has 0 radical (unpaired) electrons. The highest BCUT2D eigenvalue weighted by molar-refractivity contribution is 8.34. The zero-order valence-electron chi connectivity index (χ0n) is 25.8. The molecule has 8 aromatic carbocycles. The highest BCUT2D eigenvalue weighted by atomic mass is 32.3. The molecule has 2 aliphatic rings. The molecule has 0 amide bonds. The lowest BCUT2D eigenvalue weighted by molar-refractivity contribution is 1.23. The van der Waals surface area contributed by atoms with Crippen molar-refractivity contribution in [2.45, 2.75) is 19.6 Å². The quantitative estimate of drug-likeness (QED) is 0.141. The standard InChI is InChI=1S/C44H30BNS/c1-4-17-31(18-5-1)46-39-28-16-30-41-43(39)45(42-36-25-12-10-23-34(36)35-24-11-13-26-37(35)44(42)46)38-27-14-15-29-40(38)47(41,32-19-6-2-7-20-32)33-21-8-3-9-22-33/h1-30H. The molecule has 0 aromatic heterocycles. The van der Waals surface area contributed by atoms with Crippen LogP contribution in [0.1, 0.15) is 0 Å². The van der Waals surface area contributed by atoms with Crippen molar-refractivity contribution in [1.29, 1.82) is 0 Å². The zero-order valence-corrected chi connectivity index (χ0v) is 26.6. The Morgan fingerprint density at radius 3 is 1.57 bits per heavy atom. The van der Waals surface area contributed by atoms with Crippen LogP contribution in [0.15, 0.2) is 202 Å². The number of anilines is 3. The van der Waals surface area contributed by atoms with E-state index in [2.05, 4.69) is 187 Å². The van der Waals surface area contributed by atoms with Gasteiger partial charge in [-0.15, -0.1) is 10.0 Å². The van der Waals surface area contributed by atoms with Gasteiger partial charge >= 0.3 is 0 Å². The number of benzene rings is 8. The summed E-state index contributed by atoms with van der Waals surface area (Å²) in [4.78, 5) is 8.16. The van der Waals surface area contributed by atoms with Crippen molar-refractivity contribution in [3.63, 3.8) is 0 Å². The van der Waals surface area contributed by atoms with E-state index in [0.29, 0.717) is 0 Å². The molecular formula is C44H30BNS. The normalized spacial score (nSPS) is 14.7. The summed E-state index contributed by atoms with van der Waals surface area (Å²) < 4.78 is 0. The Kier molecular flexibility index (Phi) is 5.82. The summed E-state index contributed by atoms with van der Waals surface area (Å²) in [5.41, 5.74) is 7.96. The van der Waals surface area contributed by atoms with E-state index in [0.717, 1.165) is 0 Å². The highest BCUT2D eigenvalue weighted by Gasteiger charge is 2.49. The van der Waals surface area contributed by atoms with E-state index in [-0.39, 0.29) is 6.71 Å². The van der Waals surface area contributed by atoms with Crippen LogP contribution < -0.4 is 21.3 Å². The van der Waals surface area contributed by atoms with Gasteiger partial charge in [0.25, 0.3) is 0 Å². The minimum atomic E-state index is -1.84. The molecular weight excluding hydrogens is 585 g/mol. The molecule has 2 aliphatic heterocycles. The fourth-order valence-electron chi connectivity index (χ4n) is 8.40. The van der Waals surface area contributed by atoms with Crippen LogP contribution in [0.4, 0.5) is 17.1 Å². The third kappa shape index (κ3) is 3.58. The third-order valence-corrected chi connectivity index (χ3v) is 14.1. The summed E-state index contributed by atoms with van der Waals surface area (Å²) in [6.07, 6.45) is 0. The van der Waals surface area contributed by atoms with Crippen molar-refractivity contribution in [1.82, 2.24) is 0 Å². The summed E-state index contributed by atoms with van der Waals surface area (Å²) in [5, 5.41) is 5.21. The molecule has 0 bridgehead atoms. The Balaban J connectivity index is 1.45. The Morgan fingerprint density at radius 2 is 0.894 bits per heavy atom. The smallest absolute Gasteiger partial charge is 0.250 e. The van der Waals surface area contributed by atoms with Crippen molar-refractivity contribution in [2.24, 2.45) is 0 Å². The van der Waals surface area contributed by atoms with Crippen LogP contribution in [0.3, 0.4) is 0 Å². The van der Waals surface area contributed by atoms with Crippen LogP contribution in [0.5, 0.6) is 0 Å². The largest absolute Gasteiger partial charge is 0.311 e. The lowest BCUT2D eigenvalue weighted by Gasteiger charge is -2.51. The molecule has 1 nitrogen and oxygen atoms in total. The minimum Gasteiger partial charge on any atom is -0.311 e. The summed E-state index contributed by atoms with van der Waals surface area (Å²) in [6, 6.07) is 68.0. The fourth-order valence-corrected chi connectivity index (χ4v) is 12.7. The molecule has 0 aliphatic carbocycles. The Morgan fingerprint density at radius 1 is 0.383 bits per heavy atom. The summed E-state index contributed by atoms with van der Waals surface area (Å²) >= 11 is 0. The molecule has 0 spiro atoms. The van der Waals surface area contributed by atoms with Crippen LogP contribution in [-0.4, -0.2) is 6.71 Å². The first-order valence-corrected chi connectivity index (χ1v) is 17.9. The SMILES string of the molecule is c1ccc(N2c3cccc4c3B(c3ccccc3S4(c3ccccc3)c3ccccc3)c3c2c2ccccc2c2ccccc32)cc1. The van der Waals surface area contributed by atoms with E-state index < -0.39 is 10.0 Å². The van der Waals surface area contributed by atoms with Gasteiger partial charge in [-0.3, -0.25) is 0 Å². The summed E-state index contributed by atoms with van der Waals surface area (Å²) in [7, 11) is -1.84. The van der Waals surface area contributed by atoms with Crippen molar-refractivity contribution in [2.75, 3.05) is 4.90 Å². The van der Waals surface area contributed by atoms with Gasteiger partial charge in [0, 0.05) is 32.2 Å². The van der Waals surface area contributed by atoms with Crippen LogP contribution in [0.2, 0.25) is 0 Å². The van der Waals surface area contributed by atoms with E-state index in [9.17, 15) is 0 Å². The molecule has 0 N–H and O–H groups in total. The van der Waals surface area contributed by atoms with Gasteiger partial charge in [-0.1, -0.05) is 133 Å². The lowest BCUT2D eigenvalue weighted by atomic mass is 9.34. The van der Waals surface area contributed by atoms with E-state index in [1.165, 1.54) is 74.6 Å². The maximum absolute atomic E-state index is 2.56. The number of rotatable bonds is 3. The molecule has 0 atom stereocenters. The predicted molar refractivity (Wildman–Crippen MR) is 201 cm³/mol. The summed E-state index contributed by atoms with van der Waals surface area (Å²) in [5.74, 6) is 0. The van der Waals surface area contributed by atoms with E-state index in [1.54, 1.807) is 0 Å². The number of nitrogens with zero attached hydrogens (tertiary/aromatic N) is 1. The van der Waals surface area contributed by atoms with E-state index in [4.69, 9.17) is 0 Å². The average molecular weight is 616 g/mol. The molecule has 2 heterocycles. The van der Waals surface area contributed by atoms with Gasteiger partial charge in [-0.25, -0.2) is 0 Å². The second kappa shape index (κ2) is 10.3. The topological polar surface area (TPSA) is 3.24 Å². The first-order valence-electron chi connectivity index (χ1n) is 16.3. The van der Waals surface area contributed by atoms with Gasteiger partial charge in [-0.05, 0) is 91.5 Å². The molecule has 8 aromatic rings. The zero-order chi connectivity index (χ0) is 31.0. The average Bonchev–Trinajstić information content (AvgIpc) is 3.16. The van der Waals surface area contributed by atoms with Crippen molar-refractivity contribution >= 4 is 71.7 Å².